The van der Waals surface area contributed by atoms with Crippen LogP contribution in [0.1, 0.15) is 20.7 Å². The van der Waals surface area contributed by atoms with E-state index in [1.807, 2.05) is 0 Å². The van der Waals surface area contributed by atoms with Gasteiger partial charge >= 0.3 is 0 Å². The molecule has 3 rings (SSSR count). The number of amides is 3. The summed E-state index contributed by atoms with van der Waals surface area (Å²) in [4.78, 5) is 36.2. The van der Waals surface area contributed by atoms with E-state index in [-0.39, 0.29) is 23.5 Å². The van der Waals surface area contributed by atoms with Gasteiger partial charge in [0.25, 0.3) is 11.8 Å². The third-order valence-electron chi connectivity index (χ3n) is 3.95. The van der Waals surface area contributed by atoms with E-state index in [1.54, 1.807) is 62.6 Å². The molecule has 3 aromatic rings. The maximum absolute atomic E-state index is 12.4. The summed E-state index contributed by atoms with van der Waals surface area (Å²) in [5.41, 5.74) is 1.94. The molecule has 0 aliphatic rings. The highest BCUT2D eigenvalue weighted by atomic mass is 32.2. The number of benzene rings is 2. The van der Waals surface area contributed by atoms with Gasteiger partial charge in [0.2, 0.25) is 11.1 Å². The number of aromatic nitrogens is 4. The first-order valence-electron chi connectivity index (χ1n) is 8.85. The number of nitrogens with one attached hydrogen (secondary N) is 3. The van der Waals surface area contributed by atoms with Crippen LogP contribution in [0.2, 0.25) is 0 Å². The maximum atomic E-state index is 12.4. The molecule has 0 spiro atoms. The second kappa shape index (κ2) is 9.65. The summed E-state index contributed by atoms with van der Waals surface area (Å²) >= 11 is 1.22. The third-order valence-corrected chi connectivity index (χ3v) is 4.96. The fourth-order valence-corrected chi connectivity index (χ4v) is 3.11. The summed E-state index contributed by atoms with van der Waals surface area (Å²) in [7, 11) is 3.23. The van der Waals surface area contributed by atoms with Crippen LogP contribution >= 0.6 is 11.8 Å². The Morgan fingerprint density at radius 1 is 0.967 bits per heavy atom. The molecule has 3 amide bonds. The minimum atomic E-state index is -0.327. The van der Waals surface area contributed by atoms with Crippen molar-refractivity contribution in [2.75, 3.05) is 23.4 Å². The van der Waals surface area contributed by atoms with Gasteiger partial charge in [0, 0.05) is 36.6 Å². The zero-order valence-corrected chi connectivity index (χ0v) is 17.1. The lowest BCUT2D eigenvalue weighted by molar-refractivity contribution is -0.113. The van der Waals surface area contributed by atoms with Gasteiger partial charge in [-0.2, -0.15) is 0 Å². The number of tetrazole rings is 1. The Morgan fingerprint density at radius 2 is 1.73 bits per heavy atom. The minimum Gasteiger partial charge on any atom is -0.355 e. The Balaban J connectivity index is 1.56. The highest BCUT2D eigenvalue weighted by molar-refractivity contribution is 7.99. The molecule has 1 aromatic heterocycles. The van der Waals surface area contributed by atoms with Crippen molar-refractivity contribution in [3.8, 4) is 0 Å². The molecule has 2 aromatic carbocycles. The lowest BCUT2D eigenvalue weighted by atomic mass is 10.1. The van der Waals surface area contributed by atoms with Gasteiger partial charge in [-0.15, -0.1) is 5.10 Å². The van der Waals surface area contributed by atoms with Crippen molar-refractivity contribution in [3.05, 3.63) is 59.7 Å². The number of carbonyl (C=O) groups excluding carboxylic acids is 3. The zero-order valence-electron chi connectivity index (χ0n) is 16.2. The average Bonchev–Trinajstić information content (AvgIpc) is 3.17. The fraction of sp³-hybridized carbons (Fsp3) is 0.158. The molecule has 3 N–H and O–H groups in total. The molecule has 0 saturated heterocycles. The number of hydrogen-bond donors (Lipinski definition) is 3. The van der Waals surface area contributed by atoms with Crippen molar-refractivity contribution in [3.63, 3.8) is 0 Å². The third kappa shape index (κ3) is 5.41. The molecular formula is C19H19N7O3S. The number of thioether (sulfide) groups is 1. The second-order valence-electron chi connectivity index (χ2n) is 6.11. The molecule has 0 atom stereocenters. The standard InChI is InChI=1S/C19H19N7O3S/c1-20-17(28)13-4-3-5-15(10-13)22-18(29)12-6-8-14(9-7-12)21-16(27)11-30-19-23-24-25-26(19)2/h3-10H,11H2,1-2H3,(H,20,28)(H,21,27)(H,22,29). The van der Waals surface area contributed by atoms with Crippen molar-refractivity contribution in [2.45, 2.75) is 5.16 Å². The normalized spacial score (nSPS) is 10.3. The van der Waals surface area contributed by atoms with Gasteiger partial charge in [-0.25, -0.2) is 4.68 Å². The van der Waals surface area contributed by atoms with Crippen LogP contribution in [0.5, 0.6) is 0 Å². The second-order valence-corrected chi connectivity index (χ2v) is 7.06. The van der Waals surface area contributed by atoms with E-state index in [9.17, 15) is 14.4 Å². The molecule has 154 valence electrons. The maximum Gasteiger partial charge on any atom is 0.255 e. The van der Waals surface area contributed by atoms with Gasteiger partial charge in [-0.05, 0) is 52.9 Å². The summed E-state index contributed by atoms with van der Waals surface area (Å²) in [6.07, 6.45) is 0. The summed E-state index contributed by atoms with van der Waals surface area (Å²) in [5, 5.41) is 19.6. The highest BCUT2D eigenvalue weighted by Crippen LogP contribution is 2.16. The highest BCUT2D eigenvalue weighted by Gasteiger charge is 2.11. The molecule has 0 bridgehead atoms. The summed E-state index contributed by atoms with van der Waals surface area (Å²) < 4.78 is 1.48. The lowest BCUT2D eigenvalue weighted by Crippen LogP contribution is -2.18. The number of hydrogen-bond acceptors (Lipinski definition) is 7. The van der Waals surface area contributed by atoms with Crippen molar-refractivity contribution >= 4 is 40.9 Å². The average molecular weight is 425 g/mol. The van der Waals surface area contributed by atoms with Crippen LogP contribution in [-0.2, 0) is 11.8 Å². The number of nitrogens with zero attached hydrogens (tertiary/aromatic N) is 4. The minimum absolute atomic E-state index is 0.151. The Labute approximate surface area is 176 Å². The van der Waals surface area contributed by atoms with E-state index in [0.717, 1.165) is 0 Å². The molecular weight excluding hydrogens is 406 g/mol. The molecule has 0 unspecified atom stereocenters. The number of rotatable bonds is 7. The first kappa shape index (κ1) is 21.0. The number of carbonyl (C=O) groups is 3. The van der Waals surface area contributed by atoms with Crippen molar-refractivity contribution < 1.29 is 14.4 Å². The van der Waals surface area contributed by atoms with E-state index in [1.165, 1.54) is 16.4 Å². The van der Waals surface area contributed by atoms with E-state index >= 15 is 0 Å². The van der Waals surface area contributed by atoms with Crippen LogP contribution in [0.25, 0.3) is 0 Å². The molecule has 10 nitrogen and oxygen atoms in total. The van der Waals surface area contributed by atoms with Gasteiger partial charge in [-0.1, -0.05) is 17.8 Å². The van der Waals surface area contributed by atoms with Gasteiger partial charge in [0.05, 0.1) is 5.75 Å². The van der Waals surface area contributed by atoms with Crippen LogP contribution in [0.3, 0.4) is 0 Å². The molecule has 0 aliphatic carbocycles. The van der Waals surface area contributed by atoms with Gasteiger partial charge in [-0.3, -0.25) is 14.4 Å². The van der Waals surface area contributed by atoms with Gasteiger partial charge in [0.1, 0.15) is 0 Å². The van der Waals surface area contributed by atoms with Gasteiger partial charge in [0.15, 0.2) is 0 Å². The Morgan fingerprint density at radius 3 is 2.40 bits per heavy atom. The van der Waals surface area contributed by atoms with Crippen LogP contribution < -0.4 is 16.0 Å². The van der Waals surface area contributed by atoms with Crippen LogP contribution in [0.4, 0.5) is 11.4 Å². The van der Waals surface area contributed by atoms with Crippen molar-refractivity contribution in [2.24, 2.45) is 7.05 Å². The molecule has 0 aliphatic heterocycles. The Bertz CT molecular complexity index is 1070. The predicted molar refractivity (Wildman–Crippen MR) is 112 cm³/mol. The first-order chi connectivity index (χ1) is 14.5. The van der Waals surface area contributed by atoms with E-state index in [4.69, 9.17) is 0 Å². The number of aryl methyl sites for hydroxylation is 1. The molecule has 0 saturated carbocycles. The Kier molecular flexibility index (Phi) is 6.75. The van der Waals surface area contributed by atoms with Crippen LogP contribution in [-0.4, -0.2) is 50.7 Å². The fourth-order valence-electron chi connectivity index (χ4n) is 2.46. The molecule has 30 heavy (non-hydrogen) atoms. The SMILES string of the molecule is CNC(=O)c1cccc(NC(=O)c2ccc(NC(=O)CSc3nnnn3C)cc2)c1. The van der Waals surface area contributed by atoms with E-state index in [2.05, 4.69) is 31.5 Å². The lowest BCUT2D eigenvalue weighted by Gasteiger charge is -2.08. The summed E-state index contributed by atoms with van der Waals surface area (Å²) in [5.74, 6) is -0.628. The van der Waals surface area contributed by atoms with Gasteiger partial charge < -0.3 is 16.0 Å². The molecule has 11 heteroatoms. The quantitative estimate of drug-likeness (QED) is 0.490. The van der Waals surface area contributed by atoms with Crippen LogP contribution in [0, 0.1) is 0 Å². The predicted octanol–water partition coefficient (Wildman–Crippen LogP) is 1.55. The van der Waals surface area contributed by atoms with E-state index in [0.29, 0.717) is 27.7 Å². The summed E-state index contributed by atoms with van der Waals surface area (Å²) in [6.45, 7) is 0. The monoisotopic (exact) mass is 425 g/mol. The molecule has 0 fully saturated rings. The number of anilines is 2. The topological polar surface area (TPSA) is 131 Å². The smallest absolute Gasteiger partial charge is 0.255 e. The van der Waals surface area contributed by atoms with Crippen molar-refractivity contribution in [1.82, 2.24) is 25.5 Å². The largest absolute Gasteiger partial charge is 0.355 e. The van der Waals surface area contributed by atoms with Crippen molar-refractivity contribution in [1.29, 1.82) is 0 Å². The first-order valence-corrected chi connectivity index (χ1v) is 9.83. The molecule has 1 heterocycles. The summed E-state index contributed by atoms with van der Waals surface area (Å²) in [6, 6.07) is 13.1. The zero-order chi connectivity index (χ0) is 21.5. The van der Waals surface area contributed by atoms with E-state index < -0.39 is 0 Å². The van der Waals surface area contributed by atoms with Crippen LogP contribution in [0.15, 0.2) is 53.7 Å². The Hall–Kier alpha value is -3.73. The molecule has 0 radical (unpaired) electrons.